The Morgan fingerprint density at radius 3 is 3.12 bits per heavy atom. The van der Waals surface area contributed by atoms with Crippen molar-refractivity contribution in [3.05, 3.63) is 15.3 Å². The molecule has 0 radical (unpaired) electrons. The molecule has 1 fully saturated rings. The first kappa shape index (κ1) is 9.95. The Kier molecular flexibility index (Phi) is 1.90. The Morgan fingerprint density at radius 2 is 2.29 bits per heavy atom. The summed E-state index contributed by atoms with van der Waals surface area (Å²) in [6.45, 7) is 2.26. The Morgan fingerprint density at radius 1 is 1.41 bits per heavy atom. The first-order chi connectivity index (χ1) is 8.25. The number of carbonyl (C=O) groups is 1. The molecular weight excluding hydrogens is 232 g/mol. The molecular formula is C13H16N2OS. The molecule has 1 aromatic heterocycles. The molecule has 2 bridgehead atoms. The summed E-state index contributed by atoms with van der Waals surface area (Å²) in [7, 11) is 0. The second kappa shape index (κ2) is 3.25. The Labute approximate surface area is 105 Å². The zero-order valence-corrected chi connectivity index (χ0v) is 10.6. The lowest BCUT2D eigenvalue weighted by Crippen LogP contribution is -2.31. The van der Waals surface area contributed by atoms with Gasteiger partial charge in [-0.1, -0.05) is 0 Å². The predicted octanol–water partition coefficient (Wildman–Crippen LogP) is 2.11. The van der Waals surface area contributed by atoms with Crippen LogP contribution in [0, 0.1) is 5.92 Å². The van der Waals surface area contributed by atoms with Gasteiger partial charge in [-0.15, -0.1) is 11.3 Å². The molecule has 1 aromatic rings. The number of carbonyl (C=O) groups excluding carboxylic acids is 1. The molecule has 3 aliphatic rings. The zero-order chi connectivity index (χ0) is 11.6. The van der Waals surface area contributed by atoms with Gasteiger partial charge < -0.3 is 10.6 Å². The van der Waals surface area contributed by atoms with Gasteiger partial charge in [0.1, 0.15) is 4.88 Å². The monoisotopic (exact) mass is 248 g/mol. The first-order valence-electron chi connectivity index (χ1n) is 6.46. The van der Waals surface area contributed by atoms with Gasteiger partial charge in [-0.05, 0) is 43.1 Å². The van der Waals surface area contributed by atoms with Crippen LogP contribution in [0.4, 0.5) is 5.69 Å². The van der Waals surface area contributed by atoms with Gasteiger partial charge in [0.15, 0.2) is 0 Å². The highest BCUT2D eigenvalue weighted by Gasteiger charge is 2.43. The average Bonchev–Trinajstić information content (AvgIpc) is 2.87. The van der Waals surface area contributed by atoms with Crippen LogP contribution in [0.1, 0.15) is 45.3 Å². The summed E-state index contributed by atoms with van der Waals surface area (Å²) in [6.07, 6.45) is 5.04. The number of amides is 1. The third-order valence-corrected chi connectivity index (χ3v) is 5.89. The van der Waals surface area contributed by atoms with Crippen LogP contribution >= 0.6 is 11.3 Å². The smallest absolute Gasteiger partial charge is 0.260 e. The second-order valence-electron chi connectivity index (χ2n) is 5.47. The van der Waals surface area contributed by atoms with Gasteiger partial charge in [0.25, 0.3) is 5.91 Å². The number of nitrogens with zero attached hydrogens (tertiary/aromatic N) is 1. The number of nitrogens with two attached hydrogens (primary N) is 1. The molecule has 17 heavy (non-hydrogen) atoms. The van der Waals surface area contributed by atoms with E-state index in [2.05, 4.69) is 4.90 Å². The summed E-state index contributed by atoms with van der Waals surface area (Å²) in [6, 6.07) is 0. The van der Waals surface area contributed by atoms with Crippen LogP contribution in [-0.2, 0) is 6.42 Å². The standard InChI is InChI=1S/C13H16N2OS/c14-13(16)12-11-10-8(2-1-3-9(10)17-12)7-4-5-15(11)6-7/h7-8H,1-6H2,(H2,14,16). The number of fused-ring (bicyclic) bond motifs is 4. The van der Waals surface area contributed by atoms with E-state index in [1.807, 2.05) is 0 Å². The van der Waals surface area contributed by atoms with E-state index in [0.717, 1.165) is 36.2 Å². The van der Waals surface area contributed by atoms with Gasteiger partial charge in [-0.3, -0.25) is 4.79 Å². The minimum atomic E-state index is -0.233. The molecule has 3 nitrogen and oxygen atoms in total. The lowest BCUT2D eigenvalue weighted by atomic mass is 9.76. The van der Waals surface area contributed by atoms with Crippen molar-refractivity contribution < 1.29 is 4.79 Å². The normalized spacial score (nSPS) is 29.3. The van der Waals surface area contributed by atoms with Crippen molar-refractivity contribution in [1.82, 2.24) is 0 Å². The van der Waals surface area contributed by atoms with Crippen molar-refractivity contribution in [2.45, 2.75) is 31.6 Å². The van der Waals surface area contributed by atoms with Crippen LogP contribution in [0.2, 0.25) is 0 Å². The van der Waals surface area contributed by atoms with Crippen molar-refractivity contribution in [1.29, 1.82) is 0 Å². The Bertz CT molecular complexity index is 508. The fourth-order valence-corrected chi connectivity index (χ4v) is 5.23. The van der Waals surface area contributed by atoms with E-state index in [0.29, 0.717) is 0 Å². The molecule has 2 aliphatic heterocycles. The maximum atomic E-state index is 11.6. The van der Waals surface area contributed by atoms with Crippen molar-refractivity contribution in [2.24, 2.45) is 11.7 Å². The fraction of sp³-hybridized carbons (Fsp3) is 0.615. The van der Waals surface area contributed by atoms with E-state index in [-0.39, 0.29) is 5.91 Å². The molecule has 0 spiro atoms. The SMILES string of the molecule is NC(=O)c1sc2c3c1N1CCC(C1)C3CCC2. The van der Waals surface area contributed by atoms with Crippen LogP contribution in [0.3, 0.4) is 0 Å². The highest BCUT2D eigenvalue weighted by Crippen LogP contribution is 2.54. The third-order valence-electron chi connectivity index (χ3n) is 4.62. The number of thiophene rings is 1. The molecule has 2 N–H and O–H groups in total. The minimum Gasteiger partial charge on any atom is -0.370 e. The molecule has 1 amide bonds. The van der Waals surface area contributed by atoms with Gasteiger partial charge in [0, 0.05) is 18.0 Å². The van der Waals surface area contributed by atoms with Gasteiger partial charge in [-0.25, -0.2) is 0 Å². The summed E-state index contributed by atoms with van der Waals surface area (Å²) >= 11 is 1.66. The predicted molar refractivity (Wildman–Crippen MR) is 68.8 cm³/mol. The average molecular weight is 248 g/mol. The molecule has 90 valence electrons. The molecule has 0 aromatic carbocycles. The molecule has 3 heterocycles. The van der Waals surface area contributed by atoms with Crippen molar-refractivity contribution >= 4 is 22.9 Å². The minimum absolute atomic E-state index is 0.233. The summed E-state index contributed by atoms with van der Waals surface area (Å²) in [5.41, 5.74) is 8.27. The van der Waals surface area contributed by atoms with E-state index in [9.17, 15) is 4.79 Å². The van der Waals surface area contributed by atoms with Crippen LogP contribution in [-0.4, -0.2) is 19.0 Å². The summed E-state index contributed by atoms with van der Waals surface area (Å²) < 4.78 is 0. The highest BCUT2D eigenvalue weighted by atomic mass is 32.1. The largest absolute Gasteiger partial charge is 0.370 e. The maximum Gasteiger partial charge on any atom is 0.260 e. The van der Waals surface area contributed by atoms with Crippen LogP contribution in [0.25, 0.3) is 0 Å². The topological polar surface area (TPSA) is 46.3 Å². The number of rotatable bonds is 1. The number of primary amides is 1. The molecule has 1 saturated heterocycles. The Hall–Kier alpha value is -1.03. The quantitative estimate of drug-likeness (QED) is 0.827. The lowest BCUT2D eigenvalue weighted by Gasteiger charge is -2.35. The van der Waals surface area contributed by atoms with E-state index in [1.54, 1.807) is 11.3 Å². The fourth-order valence-electron chi connectivity index (χ4n) is 3.95. The molecule has 1 aliphatic carbocycles. The maximum absolute atomic E-state index is 11.6. The summed E-state index contributed by atoms with van der Waals surface area (Å²) in [4.78, 5) is 16.3. The third kappa shape index (κ3) is 1.19. The highest BCUT2D eigenvalue weighted by molar-refractivity contribution is 7.15. The Balaban J connectivity index is 1.98. The number of hydrogen-bond acceptors (Lipinski definition) is 3. The van der Waals surface area contributed by atoms with Crippen LogP contribution in [0.15, 0.2) is 0 Å². The second-order valence-corrected chi connectivity index (χ2v) is 6.58. The van der Waals surface area contributed by atoms with E-state index < -0.39 is 0 Å². The number of anilines is 1. The lowest BCUT2D eigenvalue weighted by molar-refractivity contribution is 0.100. The number of hydrogen-bond donors (Lipinski definition) is 1. The summed E-state index contributed by atoms with van der Waals surface area (Å²) in [5.74, 6) is 1.32. The van der Waals surface area contributed by atoms with E-state index >= 15 is 0 Å². The van der Waals surface area contributed by atoms with Gasteiger partial charge in [0.2, 0.25) is 0 Å². The zero-order valence-electron chi connectivity index (χ0n) is 9.74. The van der Waals surface area contributed by atoms with Gasteiger partial charge in [-0.2, -0.15) is 0 Å². The van der Waals surface area contributed by atoms with Crippen molar-refractivity contribution in [3.8, 4) is 0 Å². The van der Waals surface area contributed by atoms with Gasteiger partial charge >= 0.3 is 0 Å². The summed E-state index contributed by atoms with van der Waals surface area (Å²) in [5, 5.41) is 0. The first-order valence-corrected chi connectivity index (χ1v) is 7.27. The number of aryl methyl sites for hydroxylation is 1. The van der Waals surface area contributed by atoms with E-state index in [4.69, 9.17) is 5.73 Å². The molecule has 2 unspecified atom stereocenters. The molecule has 4 heteroatoms. The molecule has 4 rings (SSSR count). The van der Waals surface area contributed by atoms with E-state index in [1.165, 1.54) is 35.4 Å². The van der Waals surface area contributed by atoms with Crippen molar-refractivity contribution in [2.75, 3.05) is 18.0 Å². The van der Waals surface area contributed by atoms with Gasteiger partial charge in [0.05, 0.1) is 5.69 Å². The van der Waals surface area contributed by atoms with Crippen molar-refractivity contribution in [3.63, 3.8) is 0 Å². The molecule has 2 atom stereocenters. The van der Waals surface area contributed by atoms with Crippen LogP contribution in [0.5, 0.6) is 0 Å². The van der Waals surface area contributed by atoms with Crippen LogP contribution < -0.4 is 10.6 Å². The molecule has 0 saturated carbocycles.